The van der Waals surface area contributed by atoms with E-state index in [2.05, 4.69) is 15.9 Å². The van der Waals surface area contributed by atoms with Gasteiger partial charge < -0.3 is 14.4 Å². The van der Waals surface area contributed by atoms with Gasteiger partial charge in [0.2, 0.25) is 6.41 Å². The zero-order chi connectivity index (χ0) is 13.2. The lowest BCUT2D eigenvalue weighted by Crippen LogP contribution is -2.52. The molecular weight excluding hydrogens is 290 g/mol. The van der Waals surface area contributed by atoms with Crippen molar-refractivity contribution in [2.24, 2.45) is 0 Å². The van der Waals surface area contributed by atoms with E-state index < -0.39 is 11.5 Å². The van der Waals surface area contributed by atoms with Crippen LogP contribution >= 0.6 is 15.9 Å². The van der Waals surface area contributed by atoms with Gasteiger partial charge in [-0.05, 0) is 48.8 Å². The smallest absolute Gasteiger partial charge is 0.337 e. The minimum absolute atomic E-state index is 0.206. The van der Waals surface area contributed by atoms with Gasteiger partial charge in [0.15, 0.2) is 10.2 Å². The molecule has 1 atom stereocenters. The topological polar surface area (TPSA) is 70.8 Å². The lowest BCUT2D eigenvalue weighted by Gasteiger charge is -2.36. The number of carboxylic acid groups (broad SMARTS) is 1. The molecule has 0 aliphatic carbocycles. The first kappa shape index (κ1) is 13.8. The summed E-state index contributed by atoms with van der Waals surface area (Å²) >= 11 is 3.12. The first-order valence-corrected chi connectivity index (χ1v) is 5.86. The molecule has 1 unspecified atom stereocenters. The molecule has 0 bridgehead atoms. The van der Waals surface area contributed by atoms with Gasteiger partial charge in [0.25, 0.3) is 0 Å². The highest BCUT2D eigenvalue weighted by Gasteiger charge is 2.45. The number of carbonyl (C=O) groups is 2. The van der Waals surface area contributed by atoms with Crippen molar-refractivity contribution in [3.63, 3.8) is 0 Å². The lowest BCUT2D eigenvalue weighted by atomic mass is 9.95. The average molecular weight is 304 g/mol. The molecule has 1 heterocycles. The van der Waals surface area contributed by atoms with Crippen molar-refractivity contribution in [2.75, 3.05) is 0 Å². The summed E-state index contributed by atoms with van der Waals surface area (Å²) in [5.41, 5.74) is -1.51. The van der Waals surface area contributed by atoms with Crippen LogP contribution in [0.3, 0.4) is 0 Å². The highest BCUT2D eigenvalue weighted by Crippen LogP contribution is 2.32. The molecule has 0 radical (unpaired) electrons. The largest absolute Gasteiger partial charge is 0.479 e. The van der Waals surface area contributed by atoms with Gasteiger partial charge >= 0.3 is 5.97 Å². The molecule has 1 rings (SSSR count). The highest BCUT2D eigenvalue weighted by molar-refractivity contribution is 9.10. The number of amides is 1. The molecule has 0 fully saturated rings. The molecule has 0 aliphatic heterocycles. The number of rotatable bonds is 5. The summed E-state index contributed by atoms with van der Waals surface area (Å²) in [7, 11) is 0. The third-order valence-corrected chi connectivity index (χ3v) is 3.08. The van der Waals surface area contributed by atoms with Crippen LogP contribution in [-0.4, -0.2) is 28.4 Å². The van der Waals surface area contributed by atoms with Crippen LogP contribution < -0.4 is 0 Å². The first-order chi connectivity index (χ1) is 7.83. The normalized spacial score (nSPS) is 14.4. The Morgan fingerprint density at radius 1 is 1.59 bits per heavy atom. The van der Waals surface area contributed by atoms with Crippen LogP contribution in [0.25, 0.3) is 0 Å². The fourth-order valence-electron chi connectivity index (χ4n) is 1.66. The van der Waals surface area contributed by atoms with Crippen LogP contribution in [0.5, 0.6) is 0 Å². The van der Waals surface area contributed by atoms with Crippen molar-refractivity contribution in [1.29, 1.82) is 0 Å². The maximum atomic E-state index is 11.5. The Hall–Kier alpha value is -1.30. The van der Waals surface area contributed by atoms with Crippen LogP contribution in [-0.2, 0) is 15.1 Å². The number of furan rings is 1. The number of aliphatic carboxylic acids is 1. The van der Waals surface area contributed by atoms with E-state index in [0.717, 1.165) is 0 Å². The molecule has 1 N–H and O–H groups in total. The number of hydrogen-bond donors (Lipinski definition) is 1. The lowest BCUT2D eigenvalue weighted by molar-refractivity contribution is -0.158. The molecule has 0 spiro atoms. The van der Waals surface area contributed by atoms with Gasteiger partial charge in [0.05, 0.1) is 0 Å². The fraction of sp³-hybridized carbons (Fsp3) is 0.455. The second-order valence-electron chi connectivity index (χ2n) is 4.09. The number of carboxylic acids is 1. The number of hydrogen-bond acceptors (Lipinski definition) is 3. The molecule has 6 heteroatoms. The van der Waals surface area contributed by atoms with E-state index in [9.17, 15) is 14.7 Å². The molecule has 0 saturated carbocycles. The summed E-state index contributed by atoms with van der Waals surface area (Å²) in [6, 6.07) is 2.88. The Morgan fingerprint density at radius 3 is 2.47 bits per heavy atom. The van der Waals surface area contributed by atoms with E-state index in [1.54, 1.807) is 19.9 Å². The number of halogens is 1. The van der Waals surface area contributed by atoms with Crippen molar-refractivity contribution in [3.8, 4) is 0 Å². The van der Waals surface area contributed by atoms with Crippen LogP contribution in [0.4, 0.5) is 0 Å². The first-order valence-electron chi connectivity index (χ1n) is 5.07. The van der Waals surface area contributed by atoms with Gasteiger partial charge in [-0.1, -0.05) is 0 Å². The van der Waals surface area contributed by atoms with Gasteiger partial charge in [-0.2, -0.15) is 0 Å². The Bertz CT molecular complexity index is 429. The summed E-state index contributed by atoms with van der Waals surface area (Å²) in [5.74, 6) is -0.933. The summed E-state index contributed by atoms with van der Waals surface area (Å²) in [5, 5.41) is 9.37. The Labute approximate surface area is 108 Å². The minimum atomic E-state index is -1.51. The molecule has 5 nitrogen and oxygen atoms in total. The van der Waals surface area contributed by atoms with Crippen LogP contribution in [0, 0.1) is 0 Å². The van der Waals surface area contributed by atoms with E-state index in [1.807, 2.05) is 0 Å². The van der Waals surface area contributed by atoms with Crippen molar-refractivity contribution >= 4 is 28.3 Å². The van der Waals surface area contributed by atoms with E-state index >= 15 is 0 Å². The van der Waals surface area contributed by atoms with Gasteiger partial charge in [0.1, 0.15) is 5.76 Å². The third-order valence-electron chi connectivity index (χ3n) is 2.66. The fourth-order valence-corrected chi connectivity index (χ4v) is 1.97. The van der Waals surface area contributed by atoms with Crippen LogP contribution in [0.1, 0.15) is 26.5 Å². The molecule has 0 aliphatic rings. The van der Waals surface area contributed by atoms with Crippen molar-refractivity contribution in [2.45, 2.75) is 32.4 Å². The highest BCUT2D eigenvalue weighted by atomic mass is 79.9. The van der Waals surface area contributed by atoms with E-state index in [-0.39, 0.29) is 11.8 Å². The maximum Gasteiger partial charge on any atom is 0.337 e. The van der Waals surface area contributed by atoms with Gasteiger partial charge in [0, 0.05) is 6.04 Å². The van der Waals surface area contributed by atoms with E-state index in [0.29, 0.717) is 11.1 Å². The van der Waals surface area contributed by atoms with Crippen molar-refractivity contribution < 1.29 is 19.1 Å². The average Bonchev–Trinajstić information content (AvgIpc) is 2.65. The van der Waals surface area contributed by atoms with E-state index in [1.165, 1.54) is 17.9 Å². The Morgan fingerprint density at radius 2 is 2.18 bits per heavy atom. The Kier molecular flexibility index (Phi) is 3.98. The molecule has 17 heavy (non-hydrogen) atoms. The molecule has 1 aromatic rings. The van der Waals surface area contributed by atoms with Gasteiger partial charge in [-0.3, -0.25) is 4.79 Å². The van der Waals surface area contributed by atoms with E-state index in [4.69, 9.17) is 4.42 Å². The molecule has 0 aromatic carbocycles. The second kappa shape index (κ2) is 4.91. The quantitative estimate of drug-likeness (QED) is 0.847. The molecule has 0 saturated heterocycles. The summed E-state index contributed by atoms with van der Waals surface area (Å²) in [4.78, 5) is 23.8. The molecule has 94 valence electrons. The van der Waals surface area contributed by atoms with Crippen LogP contribution in [0.15, 0.2) is 21.2 Å². The SMILES string of the molecule is CC(C)N(C=O)C(C)(C(=O)O)c1ccc(Br)o1. The molecule has 1 aromatic heterocycles. The van der Waals surface area contributed by atoms with Gasteiger partial charge in [-0.25, -0.2) is 4.79 Å². The number of nitrogens with zero attached hydrogens (tertiary/aromatic N) is 1. The minimum Gasteiger partial charge on any atom is -0.479 e. The van der Waals surface area contributed by atoms with Gasteiger partial charge in [-0.15, -0.1) is 0 Å². The Balaban J connectivity index is 3.31. The monoisotopic (exact) mass is 303 g/mol. The van der Waals surface area contributed by atoms with Crippen molar-refractivity contribution in [1.82, 2.24) is 4.90 Å². The zero-order valence-corrected chi connectivity index (χ0v) is 11.4. The zero-order valence-electron chi connectivity index (χ0n) is 9.81. The predicted octanol–water partition coefficient (Wildman–Crippen LogP) is 2.21. The second-order valence-corrected chi connectivity index (χ2v) is 4.87. The predicted molar refractivity (Wildman–Crippen MR) is 64.4 cm³/mol. The standard InChI is InChI=1S/C11H14BrNO4/c1-7(2)13(6-14)11(3,10(15)16)8-4-5-9(12)17-8/h4-7H,1-3H3,(H,15,16). The molecular formula is C11H14BrNO4. The summed E-state index contributed by atoms with van der Waals surface area (Å²) in [6.07, 6.45) is 0.523. The van der Waals surface area contributed by atoms with Crippen LogP contribution in [0.2, 0.25) is 0 Å². The van der Waals surface area contributed by atoms with Crippen molar-refractivity contribution in [3.05, 3.63) is 22.6 Å². The number of carbonyl (C=O) groups excluding carboxylic acids is 1. The summed E-state index contributed by atoms with van der Waals surface area (Å²) < 4.78 is 5.70. The molecule has 1 amide bonds. The third kappa shape index (κ3) is 2.36. The maximum absolute atomic E-state index is 11.5. The summed E-state index contributed by atoms with van der Waals surface area (Å²) in [6.45, 7) is 4.93.